The van der Waals surface area contributed by atoms with Gasteiger partial charge in [-0.15, -0.1) is 0 Å². The van der Waals surface area contributed by atoms with Gasteiger partial charge in [0.15, 0.2) is 11.2 Å². The molecule has 0 unspecified atom stereocenters. The van der Waals surface area contributed by atoms with Crippen LogP contribution >= 0.6 is 0 Å². The summed E-state index contributed by atoms with van der Waals surface area (Å²) in [7, 11) is 1.52. The zero-order valence-corrected chi connectivity index (χ0v) is 11.9. The van der Waals surface area contributed by atoms with Gasteiger partial charge in [0.05, 0.1) is 6.33 Å². The van der Waals surface area contributed by atoms with E-state index in [2.05, 4.69) is 4.98 Å². The van der Waals surface area contributed by atoms with Gasteiger partial charge in [0.25, 0.3) is 5.56 Å². The molecule has 0 N–H and O–H groups in total. The van der Waals surface area contributed by atoms with Gasteiger partial charge in [-0.05, 0) is 12.3 Å². The zero-order chi connectivity index (χ0) is 14.2. The summed E-state index contributed by atoms with van der Waals surface area (Å²) in [6.07, 6.45) is 2.56. The number of rotatable bonds is 4. The van der Waals surface area contributed by atoms with Gasteiger partial charge < -0.3 is 4.57 Å². The molecule has 0 spiro atoms. The number of fused-ring (bicyclic) bond motifs is 1. The number of hydrogen-bond acceptors (Lipinski definition) is 3. The average Bonchev–Trinajstić information content (AvgIpc) is 2.76. The molecule has 0 aromatic carbocycles. The fourth-order valence-electron chi connectivity index (χ4n) is 2.25. The van der Waals surface area contributed by atoms with Gasteiger partial charge in [-0.2, -0.15) is 0 Å². The molecular formula is C13H20N4O2. The second kappa shape index (κ2) is 5.03. The highest BCUT2D eigenvalue weighted by Crippen LogP contribution is 2.09. The standard InChI is InChI=1S/C13H20N4O2/c1-5-6-16-8-14-11-10(16)12(18)15(4)13(19)17(11)7-9(2)3/h8-9H,5-7H2,1-4H3. The molecule has 2 aromatic heterocycles. The van der Waals surface area contributed by atoms with Crippen molar-refractivity contribution in [3.63, 3.8) is 0 Å². The lowest BCUT2D eigenvalue weighted by Gasteiger charge is -2.11. The zero-order valence-electron chi connectivity index (χ0n) is 11.9. The Bertz CT molecular complexity index is 706. The maximum absolute atomic E-state index is 12.2. The molecule has 0 atom stereocenters. The average molecular weight is 264 g/mol. The first kappa shape index (κ1) is 13.6. The number of hydrogen-bond donors (Lipinski definition) is 0. The van der Waals surface area contributed by atoms with Crippen LogP contribution in [0.4, 0.5) is 0 Å². The predicted molar refractivity (Wildman–Crippen MR) is 74.4 cm³/mol. The Balaban J connectivity index is 2.82. The summed E-state index contributed by atoms with van der Waals surface area (Å²) in [5.41, 5.74) is 0.443. The topological polar surface area (TPSA) is 61.8 Å². The largest absolute Gasteiger partial charge is 0.332 e. The minimum Gasteiger partial charge on any atom is -0.325 e. The minimum absolute atomic E-state index is 0.272. The monoisotopic (exact) mass is 264 g/mol. The van der Waals surface area contributed by atoms with Gasteiger partial charge in [0.2, 0.25) is 0 Å². The van der Waals surface area contributed by atoms with Crippen molar-refractivity contribution in [2.75, 3.05) is 0 Å². The van der Waals surface area contributed by atoms with Crippen molar-refractivity contribution < 1.29 is 0 Å². The van der Waals surface area contributed by atoms with Crippen molar-refractivity contribution in [3.05, 3.63) is 27.2 Å². The smallest absolute Gasteiger partial charge is 0.325 e. The first-order valence-corrected chi connectivity index (χ1v) is 6.62. The fourth-order valence-corrected chi connectivity index (χ4v) is 2.25. The Morgan fingerprint density at radius 3 is 2.58 bits per heavy atom. The van der Waals surface area contributed by atoms with Gasteiger partial charge in [-0.1, -0.05) is 20.8 Å². The number of aromatic nitrogens is 4. The number of imidazole rings is 1. The molecule has 0 fully saturated rings. The van der Waals surface area contributed by atoms with Crippen LogP contribution < -0.4 is 11.2 Å². The summed E-state index contributed by atoms with van der Waals surface area (Å²) < 4.78 is 4.58. The van der Waals surface area contributed by atoms with Crippen molar-refractivity contribution in [3.8, 4) is 0 Å². The molecule has 19 heavy (non-hydrogen) atoms. The van der Waals surface area contributed by atoms with Crippen LogP contribution in [0, 0.1) is 5.92 Å². The van der Waals surface area contributed by atoms with E-state index in [0.717, 1.165) is 13.0 Å². The van der Waals surface area contributed by atoms with Crippen LogP contribution in [-0.2, 0) is 20.1 Å². The first-order valence-electron chi connectivity index (χ1n) is 6.62. The molecule has 2 heterocycles. The van der Waals surface area contributed by atoms with Crippen LogP contribution in [0.15, 0.2) is 15.9 Å². The van der Waals surface area contributed by atoms with E-state index in [1.165, 1.54) is 11.6 Å². The Morgan fingerprint density at radius 2 is 2.00 bits per heavy atom. The second-order valence-electron chi connectivity index (χ2n) is 5.26. The van der Waals surface area contributed by atoms with E-state index in [1.807, 2.05) is 25.3 Å². The Labute approximate surface area is 111 Å². The minimum atomic E-state index is -0.298. The number of nitrogens with zero attached hydrogens (tertiary/aromatic N) is 4. The highest BCUT2D eigenvalue weighted by molar-refractivity contribution is 5.70. The molecule has 104 valence electrons. The molecule has 6 nitrogen and oxygen atoms in total. The highest BCUT2D eigenvalue weighted by Gasteiger charge is 2.16. The molecule has 6 heteroatoms. The van der Waals surface area contributed by atoms with E-state index < -0.39 is 0 Å². The Kier molecular flexibility index (Phi) is 3.59. The Morgan fingerprint density at radius 1 is 1.32 bits per heavy atom. The summed E-state index contributed by atoms with van der Waals surface area (Å²) in [4.78, 5) is 28.7. The van der Waals surface area contributed by atoms with Crippen molar-refractivity contribution in [1.82, 2.24) is 18.7 Å². The first-order chi connectivity index (χ1) is 8.97. The predicted octanol–water partition coefficient (Wildman–Crippen LogP) is 0.963. The van der Waals surface area contributed by atoms with E-state index in [0.29, 0.717) is 23.6 Å². The van der Waals surface area contributed by atoms with Crippen LogP contribution in [-0.4, -0.2) is 18.7 Å². The summed E-state index contributed by atoms with van der Waals surface area (Å²) in [5, 5.41) is 0. The molecule has 0 aliphatic rings. The van der Waals surface area contributed by atoms with Crippen molar-refractivity contribution in [1.29, 1.82) is 0 Å². The van der Waals surface area contributed by atoms with E-state index in [9.17, 15) is 9.59 Å². The van der Waals surface area contributed by atoms with Gasteiger partial charge in [0, 0.05) is 20.1 Å². The molecule has 2 rings (SSSR count). The summed E-state index contributed by atoms with van der Waals surface area (Å²) in [6, 6.07) is 0. The molecule has 0 radical (unpaired) electrons. The maximum Gasteiger partial charge on any atom is 0.332 e. The molecule has 0 amide bonds. The lowest BCUT2D eigenvalue weighted by atomic mass is 10.2. The highest BCUT2D eigenvalue weighted by atomic mass is 16.2. The van der Waals surface area contributed by atoms with Crippen LogP contribution in [0.25, 0.3) is 11.2 Å². The van der Waals surface area contributed by atoms with Gasteiger partial charge in [0.1, 0.15) is 0 Å². The molecule has 0 aliphatic carbocycles. The van der Waals surface area contributed by atoms with Crippen molar-refractivity contribution in [2.24, 2.45) is 13.0 Å². The molecular weight excluding hydrogens is 244 g/mol. The fraction of sp³-hybridized carbons (Fsp3) is 0.615. The SMILES string of the molecule is CCCn1cnc2c1c(=O)n(C)c(=O)n2CC(C)C. The van der Waals surface area contributed by atoms with Crippen LogP contribution in [0.3, 0.4) is 0 Å². The van der Waals surface area contributed by atoms with E-state index in [-0.39, 0.29) is 11.2 Å². The van der Waals surface area contributed by atoms with Gasteiger partial charge in [-0.3, -0.25) is 13.9 Å². The third-order valence-corrected chi connectivity index (χ3v) is 3.11. The Hall–Kier alpha value is -1.85. The van der Waals surface area contributed by atoms with Crippen LogP contribution in [0.5, 0.6) is 0 Å². The molecule has 0 saturated carbocycles. The van der Waals surface area contributed by atoms with Gasteiger partial charge >= 0.3 is 5.69 Å². The van der Waals surface area contributed by atoms with E-state index in [1.54, 1.807) is 10.9 Å². The lowest BCUT2D eigenvalue weighted by Crippen LogP contribution is -2.39. The molecule has 2 aromatic rings. The summed E-state index contributed by atoms with van der Waals surface area (Å²) >= 11 is 0. The van der Waals surface area contributed by atoms with Crippen molar-refractivity contribution >= 4 is 11.2 Å². The van der Waals surface area contributed by atoms with Crippen LogP contribution in [0.2, 0.25) is 0 Å². The maximum atomic E-state index is 12.2. The van der Waals surface area contributed by atoms with E-state index in [4.69, 9.17) is 0 Å². The van der Waals surface area contributed by atoms with E-state index >= 15 is 0 Å². The second-order valence-corrected chi connectivity index (χ2v) is 5.26. The van der Waals surface area contributed by atoms with Crippen molar-refractivity contribution in [2.45, 2.75) is 40.3 Å². The quantitative estimate of drug-likeness (QED) is 0.826. The van der Waals surface area contributed by atoms with Gasteiger partial charge in [-0.25, -0.2) is 9.78 Å². The molecule has 0 aliphatic heterocycles. The third kappa shape index (κ3) is 2.22. The third-order valence-electron chi connectivity index (χ3n) is 3.11. The number of aryl methyl sites for hydroxylation is 1. The molecule has 0 saturated heterocycles. The van der Waals surface area contributed by atoms with Crippen LogP contribution in [0.1, 0.15) is 27.2 Å². The lowest BCUT2D eigenvalue weighted by molar-refractivity contribution is 0.499. The summed E-state index contributed by atoms with van der Waals surface area (Å²) in [6.45, 7) is 7.40. The normalized spacial score (nSPS) is 11.6. The molecule has 0 bridgehead atoms. The summed E-state index contributed by atoms with van der Waals surface area (Å²) in [5.74, 6) is 0.315.